The lowest BCUT2D eigenvalue weighted by Gasteiger charge is -2.40. The normalized spacial score (nSPS) is 22.1. The van der Waals surface area contributed by atoms with Crippen LogP contribution in [0.5, 0.6) is 5.75 Å². The first-order valence-corrected chi connectivity index (χ1v) is 12.3. The van der Waals surface area contributed by atoms with Gasteiger partial charge in [0.25, 0.3) is 5.91 Å². The molecule has 36 heavy (non-hydrogen) atoms. The SMILES string of the molecule is CCC(=O)C(=O)N(Cc1ccc(Cl)cc1Cl)C1C=C(C(=O)NCCO)C2c3ccccc3OC2C1O. The first-order valence-electron chi connectivity index (χ1n) is 11.6. The zero-order chi connectivity index (χ0) is 26.0. The Balaban J connectivity index is 1.80. The van der Waals surface area contributed by atoms with Crippen LogP contribution in [0.3, 0.4) is 0 Å². The fraction of sp³-hybridized carbons (Fsp3) is 0.346. The predicted molar refractivity (Wildman–Crippen MR) is 134 cm³/mol. The molecule has 2 aliphatic rings. The number of benzene rings is 2. The highest BCUT2D eigenvalue weighted by Crippen LogP contribution is 2.47. The molecule has 0 bridgehead atoms. The van der Waals surface area contributed by atoms with Crippen LogP contribution in [0.15, 0.2) is 54.1 Å². The number of ketones is 1. The van der Waals surface area contributed by atoms with Gasteiger partial charge in [0.05, 0.1) is 18.6 Å². The van der Waals surface area contributed by atoms with Crippen molar-refractivity contribution in [1.29, 1.82) is 0 Å². The number of fused-ring (bicyclic) bond motifs is 3. The van der Waals surface area contributed by atoms with Gasteiger partial charge in [0, 0.05) is 40.7 Å². The molecule has 190 valence electrons. The molecule has 8 nitrogen and oxygen atoms in total. The Kier molecular flexibility index (Phi) is 8.00. The fourth-order valence-corrected chi connectivity index (χ4v) is 5.12. The Morgan fingerprint density at radius 3 is 2.58 bits per heavy atom. The summed E-state index contributed by atoms with van der Waals surface area (Å²) in [7, 11) is 0. The van der Waals surface area contributed by atoms with Crippen molar-refractivity contribution in [2.24, 2.45) is 0 Å². The van der Waals surface area contributed by atoms with Crippen molar-refractivity contribution in [3.63, 3.8) is 0 Å². The molecule has 2 amide bonds. The zero-order valence-corrected chi connectivity index (χ0v) is 21.0. The van der Waals surface area contributed by atoms with Gasteiger partial charge in [0.15, 0.2) is 0 Å². The van der Waals surface area contributed by atoms with Gasteiger partial charge in [-0.3, -0.25) is 14.4 Å². The van der Waals surface area contributed by atoms with E-state index in [0.717, 1.165) is 5.56 Å². The second-order valence-corrected chi connectivity index (χ2v) is 9.47. The van der Waals surface area contributed by atoms with E-state index >= 15 is 0 Å². The number of nitrogens with zero attached hydrogens (tertiary/aromatic N) is 1. The van der Waals surface area contributed by atoms with Gasteiger partial charge in [-0.15, -0.1) is 0 Å². The van der Waals surface area contributed by atoms with Gasteiger partial charge >= 0.3 is 0 Å². The van der Waals surface area contributed by atoms with Gasteiger partial charge in [0.2, 0.25) is 11.7 Å². The van der Waals surface area contributed by atoms with Crippen molar-refractivity contribution < 1.29 is 29.3 Å². The summed E-state index contributed by atoms with van der Waals surface area (Å²) in [5, 5.41) is 24.0. The van der Waals surface area contributed by atoms with E-state index in [1.807, 2.05) is 12.1 Å². The number of carbonyl (C=O) groups is 3. The summed E-state index contributed by atoms with van der Waals surface area (Å²) in [5.74, 6) is -1.99. The number of aliphatic hydroxyl groups excluding tert-OH is 2. The molecule has 0 saturated carbocycles. The minimum absolute atomic E-state index is 0.0284. The van der Waals surface area contributed by atoms with Crippen LogP contribution < -0.4 is 10.1 Å². The molecule has 1 aliphatic heterocycles. The average Bonchev–Trinajstić information content (AvgIpc) is 3.27. The van der Waals surface area contributed by atoms with E-state index in [1.54, 1.807) is 31.2 Å². The lowest BCUT2D eigenvalue weighted by molar-refractivity contribution is -0.148. The molecule has 0 aromatic heterocycles. The van der Waals surface area contributed by atoms with Crippen molar-refractivity contribution in [3.8, 4) is 5.75 Å². The number of ether oxygens (including phenoxy) is 1. The fourth-order valence-electron chi connectivity index (χ4n) is 4.65. The number of nitrogens with one attached hydrogen (secondary N) is 1. The monoisotopic (exact) mass is 532 g/mol. The number of carbonyl (C=O) groups excluding carboxylic acids is 3. The summed E-state index contributed by atoms with van der Waals surface area (Å²) in [5.41, 5.74) is 1.52. The zero-order valence-electron chi connectivity index (χ0n) is 19.5. The van der Waals surface area contributed by atoms with Crippen molar-refractivity contribution in [2.75, 3.05) is 13.2 Å². The highest BCUT2D eigenvalue weighted by Gasteiger charge is 2.50. The molecule has 0 radical (unpaired) electrons. The number of amides is 2. The number of Topliss-reactive ketones (excluding diaryl/α,β-unsaturated/α-hetero) is 1. The van der Waals surface area contributed by atoms with Crippen LogP contribution >= 0.6 is 23.2 Å². The Morgan fingerprint density at radius 1 is 1.14 bits per heavy atom. The summed E-state index contributed by atoms with van der Waals surface area (Å²) in [6.45, 7) is 1.24. The number of hydrogen-bond acceptors (Lipinski definition) is 6. The summed E-state index contributed by atoms with van der Waals surface area (Å²) >= 11 is 12.4. The number of halogens is 2. The first-order chi connectivity index (χ1) is 17.3. The molecular formula is C26H26Cl2N2O6. The van der Waals surface area contributed by atoms with Crippen LogP contribution in [0.4, 0.5) is 0 Å². The lowest BCUT2D eigenvalue weighted by atomic mass is 9.77. The minimum atomic E-state index is -1.25. The molecule has 1 heterocycles. The smallest absolute Gasteiger partial charge is 0.290 e. The van der Waals surface area contributed by atoms with Gasteiger partial charge in [-0.25, -0.2) is 0 Å². The highest BCUT2D eigenvalue weighted by molar-refractivity contribution is 6.36. The largest absolute Gasteiger partial charge is 0.486 e. The Labute approximate surface area is 218 Å². The molecule has 0 fully saturated rings. The predicted octanol–water partition coefficient (Wildman–Crippen LogP) is 2.62. The van der Waals surface area contributed by atoms with Crippen LogP contribution in [0.2, 0.25) is 10.0 Å². The van der Waals surface area contributed by atoms with Gasteiger partial charge in [-0.2, -0.15) is 0 Å². The molecule has 10 heteroatoms. The van der Waals surface area contributed by atoms with E-state index in [4.69, 9.17) is 27.9 Å². The topological polar surface area (TPSA) is 116 Å². The van der Waals surface area contributed by atoms with Crippen molar-refractivity contribution in [1.82, 2.24) is 10.2 Å². The first kappa shape index (κ1) is 26.2. The standard InChI is InChI=1S/C26H26Cl2N2O6/c1-2-20(32)26(35)30(13-14-7-8-15(27)11-18(14)28)19-12-17(25(34)29-9-10-31)22-16-5-3-4-6-21(16)36-24(22)23(19)33/h3-8,11-12,19,22-24,31,33H,2,9-10,13H2,1H3,(H,29,34). The highest BCUT2D eigenvalue weighted by atomic mass is 35.5. The van der Waals surface area contributed by atoms with Crippen molar-refractivity contribution in [2.45, 2.75) is 44.1 Å². The van der Waals surface area contributed by atoms with E-state index in [2.05, 4.69) is 5.32 Å². The van der Waals surface area contributed by atoms with Gasteiger partial charge < -0.3 is 25.2 Å². The molecule has 4 atom stereocenters. The van der Waals surface area contributed by atoms with Crippen LogP contribution in [-0.4, -0.2) is 64.1 Å². The van der Waals surface area contributed by atoms with Gasteiger partial charge in [-0.1, -0.05) is 54.4 Å². The molecule has 0 spiro atoms. The summed E-state index contributed by atoms with van der Waals surface area (Å²) in [6.07, 6.45) is -0.653. The van der Waals surface area contributed by atoms with E-state index in [0.29, 0.717) is 21.4 Å². The number of hydrogen-bond donors (Lipinski definition) is 3. The second kappa shape index (κ2) is 11.0. The molecule has 3 N–H and O–H groups in total. The second-order valence-electron chi connectivity index (χ2n) is 8.63. The molecule has 2 aromatic carbocycles. The van der Waals surface area contributed by atoms with Gasteiger partial charge in [-0.05, 0) is 29.8 Å². The molecule has 0 saturated heterocycles. The lowest BCUT2D eigenvalue weighted by Crippen LogP contribution is -2.56. The molecule has 4 unspecified atom stereocenters. The number of para-hydroxylation sites is 1. The minimum Gasteiger partial charge on any atom is -0.486 e. The average molecular weight is 533 g/mol. The number of aliphatic hydroxyl groups is 2. The van der Waals surface area contributed by atoms with Crippen LogP contribution in [-0.2, 0) is 20.9 Å². The molecule has 4 rings (SSSR count). The van der Waals surface area contributed by atoms with Crippen LogP contribution in [0.1, 0.15) is 30.4 Å². The van der Waals surface area contributed by atoms with E-state index in [1.165, 1.54) is 17.0 Å². The summed E-state index contributed by atoms with van der Waals surface area (Å²) in [4.78, 5) is 40.1. The van der Waals surface area contributed by atoms with Crippen LogP contribution in [0, 0.1) is 0 Å². The molecule has 2 aromatic rings. The summed E-state index contributed by atoms with van der Waals surface area (Å²) in [6, 6.07) is 10.9. The maximum atomic E-state index is 13.3. The van der Waals surface area contributed by atoms with Crippen molar-refractivity contribution in [3.05, 3.63) is 75.3 Å². The van der Waals surface area contributed by atoms with E-state index < -0.39 is 41.8 Å². The Bertz CT molecular complexity index is 1220. The third kappa shape index (κ3) is 4.99. The maximum Gasteiger partial charge on any atom is 0.290 e. The number of rotatable bonds is 8. The third-order valence-electron chi connectivity index (χ3n) is 6.41. The van der Waals surface area contributed by atoms with E-state index in [-0.39, 0.29) is 31.7 Å². The van der Waals surface area contributed by atoms with Crippen LogP contribution in [0.25, 0.3) is 0 Å². The molecule has 1 aliphatic carbocycles. The molecular weight excluding hydrogens is 507 g/mol. The Morgan fingerprint density at radius 2 is 1.89 bits per heavy atom. The van der Waals surface area contributed by atoms with E-state index in [9.17, 15) is 24.6 Å². The van der Waals surface area contributed by atoms with Gasteiger partial charge in [0.1, 0.15) is 18.0 Å². The maximum absolute atomic E-state index is 13.3. The quantitative estimate of drug-likeness (QED) is 0.450. The third-order valence-corrected chi connectivity index (χ3v) is 7.00. The van der Waals surface area contributed by atoms with Crippen molar-refractivity contribution >= 4 is 40.8 Å². The Hall–Kier alpha value is -2.91. The summed E-state index contributed by atoms with van der Waals surface area (Å²) < 4.78 is 6.06.